The first-order chi connectivity index (χ1) is 30.1. The summed E-state index contributed by atoms with van der Waals surface area (Å²) in [7, 11) is -4.53. The highest BCUT2D eigenvalue weighted by Crippen LogP contribution is 2.51. The summed E-state index contributed by atoms with van der Waals surface area (Å²) in [6.07, 6.45) is 14.8. The molecule has 1 spiro atoms. The van der Waals surface area contributed by atoms with Gasteiger partial charge in [-0.25, -0.2) is 18.1 Å². The zero-order valence-corrected chi connectivity index (χ0v) is 35.6. The number of aromatic amines is 1. The number of nitrogens with one attached hydrogen (secondary N) is 3. The second-order valence-corrected chi connectivity index (χ2v) is 19.7. The maximum absolute atomic E-state index is 13.9. The number of anilines is 2. The van der Waals surface area contributed by atoms with Crippen LogP contribution in [0.1, 0.15) is 97.7 Å². The van der Waals surface area contributed by atoms with E-state index in [1.165, 1.54) is 57.2 Å². The number of H-pyrrole nitrogens is 1. The molecule has 10 rings (SSSR count). The van der Waals surface area contributed by atoms with Crippen molar-refractivity contribution >= 4 is 44.0 Å². The SMILES string of the molecule is O=C(NS(=O)(=O)c1ccc(NCC2CCOCC2)c([N+](=O)[O-])c1)c1ccc(N2CC3(CCC(N4CCC[C@@H]4c4ccccc4C4CC4)CC3)C2)cc1Oc1cnc2[nH]ccc2c1. The van der Waals surface area contributed by atoms with Crippen LogP contribution in [0.5, 0.6) is 11.5 Å². The Labute approximate surface area is 361 Å². The number of fused-ring (bicyclic) bond motifs is 1. The second-order valence-electron chi connectivity index (χ2n) is 18.1. The van der Waals surface area contributed by atoms with Gasteiger partial charge in [0.15, 0.2) is 0 Å². The number of nitro groups is 1. The molecule has 2 aromatic heterocycles. The lowest BCUT2D eigenvalue weighted by Crippen LogP contribution is -2.59. The molecule has 14 nitrogen and oxygen atoms in total. The number of likely N-dealkylation sites (tertiary alicyclic amines) is 1. The monoisotopic (exact) mass is 859 g/mol. The number of sulfonamides is 1. The van der Waals surface area contributed by atoms with Gasteiger partial charge in [-0.1, -0.05) is 24.3 Å². The predicted molar refractivity (Wildman–Crippen MR) is 236 cm³/mol. The molecule has 1 atom stereocenters. The number of hydrogen-bond donors (Lipinski definition) is 3. The van der Waals surface area contributed by atoms with Crippen molar-refractivity contribution < 1.29 is 27.6 Å². The summed E-state index contributed by atoms with van der Waals surface area (Å²) in [4.78, 5) is 37.6. The quantitative estimate of drug-likeness (QED) is 0.0764. The molecule has 2 aliphatic carbocycles. The van der Waals surface area contributed by atoms with Crippen molar-refractivity contribution in [2.24, 2.45) is 11.3 Å². The van der Waals surface area contributed by atoms with E-state index in [2.05, 4.69) is 54.1 Å². The van der Waals surface area contributed by atoms with Crippen LogP contribution in [0, 0.1) is 21.4 Å². The Bertz CT molecular complexity index is 2590. The van der Waals surface area contributed by atoms with E-state index >= 15 is 0 Å². The highest BCUT2D eigenvalue weighted by atomic mass is 32.2. The molecule has 0 bridgehead atoms. The largest absolute Gasteiger partial charge is 0.455 e. The van der Waals surface area contributed by atoms with Gasteiger partial charge in [-0.05, 0) is 130 Å². The standard InChI is InChI=1S/C47H53N7O7S/c55-46(51-62(58,59)37-10-12-41(43(26-37)54(56)57)49-27-31-16-22-60-23-17-31)40-11-9-35(25-44(40)61-36-24-33-15-20-48-45(33)50-28-36)52-29-47(30-52)18-13-34(14-19-47)53-21-3-6-42(53)39-5-2-1-4-38(39)32-7-8-32/h1-2,4-5,9-12,15,20,24-26,28,31-32,34,42,49H,3,6-8,13-14,16-19,21-23,27,29-30H2,(H,48,50)(H,51,55)/t42-/m1/s1. The van der Waals surface area contributed by atoms with Gasteiger partial charge in [0.1, 0.15) is 22.8 Å². The smallest absolute Gasteiger partial charge is 0.293 e. The minimum Gasteiger partial charge on any atom is -0.455 e. The fourth-order valence-electron chi connectivity index (χ4n) is 10.5. The molecule has 0 radical (unpaired) electrons. The summed E-state index contributed by atoms with van der Waals surface area (Å²) in [6.45, 7) is 4.72. The Hall–Kier alpha value is -5.51. The van der Waals surface area contributed by atoms with Crippen LogP contribution in [0.4, 0.5) is 17.1 Å². The number of carbonyl (C=O) groups is 1. The normalized spacial score (nSPS) is 20.9. The number of hydrogen-bond acceptors (Lipinski definition) is 11. The molecule has 3 N–H and O–H groups in total. The Morgan fingerprint density at radius 2 is 1.74 bits per heavy atom. The van der Waals surface area contributed by atoms with Crippen molar-refractivity contribution in [3.8, 4) is 11.5 Å². The van der Waals surface area contributed by atoms with Crippen LogP contribution < -0.4 is 19.7 Å². The lowest BCUT2D eigenvalue weighted by molar-refractivity contribution is -0.384. The van der Waals surface area contributed by atoms with Crippen LogP contribution in [0.15, 0.2) is 90.1 Å². The van der Waals surface area contributed by atoms with Crippen molar-refractivity contribution in [3.05, 3.63) is 112 Å². The van der Waals surface area contributed by atoms with E-state index in [9.17, 15) is 23.3 Å². The van der Waals surface area contributed by atoms with E-state index in [4.69, 9.17) is 9.47 Å². The molecule has 15 heteroatoms. The van der Waals surface area contributed by atoms with Gasteiger partial charge in [-0.2, -0.15) is 0 Å². The topological polar surface area (TPSA) is 172 Å². The van der Waals surface area contributed by atoms with E-state index in [1.54, 1.807) is 41.7 Å². The molecule has 5 aromatic rings. The Kier molecular flexibility index (Phi) is 10.9. The van der Waals surface area contributed by atoms with Crippen molar-refractivity contribution in [1.29, 1.82) is 0 Å². The number of rotatable bonds is 13. The molecule has 5 heterocycles. The number of aromatic nitrogens is 2. The summed E-state index contributed by atoms with van der Waals surface area (Å²) in [5, 5.41) is 16.0. The van der Waals surface area contributed by atoms with Crippen LogP contribution in [0.25, 0.3) is 11.0 Å². The summed E-state index contributed by atoms with van der Waals surface area (Å²) in [5.74, 6) is 0.650. The Morgan fingerprint density at radius 3 is 2.52 bits per heavy atom. The molecule has 1 amide bonds. The molecule has 0 unspecified atom stereocenters. The summed E-state index contributed by atoms with van der Waals surface area (Å²) in [5.41, 5.74) is 4.72. The number of ether oxygens (including phenoxy) is 2. The molecule has 3 aliphatic heterocycles. The van der Waals surface area contributed by atoms with E-state index in [1.807, 2.05) is 12.1 Å². The van der Waals surface area contributed by atoms with Crippen molar-refractivity contribution in [3.63, 3.8) is 0 Å². The van der Waals surface area contributed by atoms with Crippen molar-refractivity contribution in [1.82, 2.24) is 19.6 Å². The number of nitro benzene ring substituents is 1. The highest BCUT2D eigenvalue weighted by molar-refractivity contribution is 7.90. The minimum atomic E-state index is -4.53. The van der Waals surface area contributed by atoms with Gasteiger partial charge in [0.2, 0.25) is 0 Å². The molecule has 5 fully saturated rings. The molecule has 2 saturated carbocycles. The van der Waals surface area contributed by atoms with E-state index in [0.717, 1.165) is 61.8 Å². The highest BCUT2D eigenvalue weighted by Gasteiger charge is 2.47. The van der Waals surface area contributed by atoms with Crippen LogP contribution in [-0.4, -0.2) is 79.6 Å². The van der Waals surface area contributed by atoms with Crippen molar-refractivity contribution in [2.75, 3.05) is 49.6 Å². The van der Waals surface area contributed by atoms with Crippen LogP contribution in [-0.2, 0) is 14.8 Å². The molecule has 3 saturated heterocycles. The van der Waals surface area contributed by atoms with Crippen molar-refractivity contribution in [2.45, 2.75) is 87.1 Å². The first kappa shape index (κ1) is 40.6. The molecule has 5 aliphatic rings. The molecule has 3 aromatic carbocycles. The van der Waals surface area contributed by atoms with Crippen LogP contribution in [0.3, 0.4) is 0 Å². The fourth-order valence-corrected chi connectivity index (χ4v) is 11.4. The Balaban J connectivity index is 0.840. The average molecular weight is 860 g/mol. The summed E-state index contributed by atoms with van der Waals surface area (Å²) in [6, 6.07) is 22.8. The lowest BCUT2D eigenvalue weighted by atomic mass is 9.67. The van der Waals surface area contributed by atoms with E-state index < -0.39 is 31.4 Å². The fraction of sp³-hybridized carbons (Fsp3) is 0.447. The van der Waals surface area contributed by atoms with E-state index in [-0.39, 0.29) is 28.3 Å². The van der Waals surface area contributed by atoms with Gasteiger partial charge in [0.05, 0.1) is 21.6 Å². The van der Waals surface area contributed by atoms with Gasteiger partial charge in [0.25, 0.3) is 21.6 Å². The van der Waals surface area contributed by atoms with Gasteiger partial charge < -0.3 is 24.7 Å². The first-order valence-corrected chi connectivity index (χ1v) is 23.6. The maximum atomic E-state index is 13.9. The van der Waals surface area contributed by atoms with Crippen LogP contribution in [0.2, 0.25) is 0 Å². The third kappa shape index (κ3) is 8.25. The van der Waals surface area contributed by atoms with E-state index in [0.29, 0.717) is 43.2 Å². The number of benzene rings is 3. The lowest BCUT2D eigenvalue weighted by Gasteiger charge is -2.55. The zero-order chi connectivity index (χ0) is 42.4. The van der Waals surface area contributed by atoms with Gasteiger partial charge in [0, 0.05) is 79.7 Å². The first-order valence-electron chi connectivity index (χ1n) is 22.1. The minimum absolute atomic E-state index is 0.00471. The van der Waals surface area contributed by atoms with Crippen LogP contribution >= 0.6 is 0 Å². The number of nitrogens with zero attached hydrogens (tertiary/aromatic N) is 4. The third-order valence-corrected chi connectivity index (χ3v) is 15.3. The number of carbonyl (C=O) groups excluding carboxylic acids is 1. The van der Waals surface area contributed by atoms with Gasteiger partial charge in [-0.3, -0.25) is 19.8 Å². The maximum Gasteiger partial charge on any atom is 0.293 e. The van der Waals surface area contributed by atoms with Gasteiger partial charge in [-0.15, -0.1) is 0 Å². The zero-order valence-electron chi connectivity index (χ0n) is 34.8. The number of amides is 1. The molecular weight excluding hydrogens is 807 g/mol. The predicted octanol–water partition coefficient (Wildman–Crippen LogP) is 8.68. The molecule has 62 heavy (non-hydrogen) atoms. The second kappa shape index (κ2) is 16.6. The molecular formula is C47H53N7O7S. The third-order valence-electron chi connectivity index (χ3n) is 14.0. The molecule has 324 valence electrons. The summed E-state index contributed by atoms with van der Waals surface area (Å²) >= 11 is 0. The average Bonchev–Trinajstić information content (AvgIpc) is 3.81. The van der Waals surface area contributed by atoms with Gasteiger partial charge >= 0.3 is 0 Å². The summed E-state index contributed by atoms with van der Waals surface area (Å²) < 4.78 is 41.3. The number of pyridine rings is 1. The Morgan fingerprint density at radius 1 is 0.952 bits per heavy atom.